The van der Waals surface area contributed by atoms with Gasteiger partial charge in [-0.1, -0.05) is 0 Å². The molecule has 0 bridgehead atoms. The van der Waals surface area contributed by atoms with Gasteiger partial charge in [-0.05, 0) is 60.7 Å². The van der Waals surface area contributed by atoms with Crippen LogP contribution in [0, 0.1) is 0 Å². The molecule has 1 aliphatic heterocycles. The van der Waals surface area contributed by atoms with Crippen LogP contribution in [0.3, 0.4) is 0 Å². The number of nitrogens with one attached hydrogen (secondary N) is 3. The van der Waals surface area contributed by atoms with Crippen molar-refractivity contribution in [2.75, 3.05) is 45.4 Å². The Bertz CT molecular complexity index is 1980. The lowest BCUT2D eigenvalue weighted by Gasteiger charge is -2.31. The van der Waals surface area contributed by atoms with Crippen LogP contribution in [-0.2, 0) is 39.5 Å². The van der Waals surface area contributed by atoms with Gasteiger partial charge in [-0.15, -0.1) is 0 Å². The van der Waals surface area contributed by atoms with Gasteiger partial charge in [0.2, 0.25) is 11.8 Å². The van der Waals surface area contributed by atoms with Gasteiger partial charge in [0.25, 0.3) is 20.0 Å². The SMILES string of the molecule is COc1ccc(S(=O)(=O)Nc2ccc(N([C@H]3CS(=O)(=O)C[C@H]3O)S(=O)(=O)c3ccc(OC)c(NC(C)=O)c3)cc2)cc1NC(C)=O. The molecule has 2 atom stereocenters. The third kappa shape index (κ3) is 7.52. The van der Waals surface area contributed by atoms with Gasteiger partial charge in [-0.2, -0.15) is 0 Å². The summed E-state index contributed by atoms with van der Waals surface area (Å²) in [6.45, 7) is 2.47. The normalized spacial score (nSPS) is 17.5. The van der Waals surface area contributed by atoms with Gasteiger partial charge in [-0.25, -0.2) is 25.3 Å². The second-order valence-corrected chi connectivity index (χ2v) is 15.9. The minimum absolute atomic E-state index is 0.0231. The fourth-order valence-electron chi connectivity index (χ4n) is 4.82. The van der Waals surface area contributed by atoms with Crippen molar-refractivity contribution in [1.82, 2.24) is 0 Å². The van der Waals surface area contributed by atoms with Crippen molar-refractivity contribution < 1.29 is 49.4 Å². The van der Waals surface area contributed by atoms with Crippen LogP contribution in [0.5, 0.6) is 11.5 Å². The number of sulfone groups is 1. The van der Waals surface area contributed by atoms with Crippen molar-refractivity contribution in [3.8, 4) is 11.5 Å². The van der Waals surface area contributed by atoms with Gasteiger partial charge >= 0.3 is 0 Å². The average Bonchev–Trinajstić information content (AvgIpc) is 3.24. The molecular formula is C28H32N4O11S3. The Morgan fingerprint density at radius 3 is 1.76 bits per heavy atom. The molecule has 1 heterocycles. The Kier molecular flexibility index (Phi) is 9.86. The summed E-state index contributed by atoms with van der Waals surface area (Å²) in [4.78, 5) is 22.8. The van der Waals surface area contributed by atoms with E-state index in [1.54, 1.807) is 0 Å². The van der Waals surface area contributed by atoms with E-state index in [1.807, 2.05) is 0 Å². The number of sulfonamides is 2. The van der Waals surface area contributed by atoms with Gasteiger partial charge in [0.15, 0.2) is 9.84 Å². The van der Waals surface area contributed by atoms with Gasteiger partial charge in [0, 0.05) is 19.5 Å². The molecule has 0 aromatic heterocycles. The molecule has 2 amide bonds. The number of rotatable bonds is 11. The lowest BCUT2D eigenvalue weighted by molar-refractivity contribution is -0.115. The Morgan fingerprint density at radius 1 is 0.804 bits per heavy atom. The molecule has 0 saturated carbocycles. The van der Waals surface area contributed by atoms with Crippen LogP contribution in [0.1, 0.15) is 13.8 Å². The van der Waals surface area contributed by atoms with Crippen LogP contribution < -0.4 is 29.1 Å². The Labute approximate surface area is 266 Å². The molecule has 1 aliphatic rings. The molecule has 4 rings (SSSR count). The summed E-state index contributed by atoms with van der Waals surface area (Å²) in [5, 5.41) is 15.7. The molecule has 3 aromatic rings. The van der Waals surface area contributed by atoms with Crippen molar-refractivity contribution in [2.24, 2.45) is 0 Å². The zero-order valence-electron chi connectivity index (χ0n) is 25.0. The van der Waals surface area contributed by atoms with Crippen molar-refractivity contribution in [3.05, 3.63) is 60.7 Å². The van der Waals surface area contributed by atoms with E-state index in [2.05, 4.69) is 15.4 Å². The first-order valence-corrected chi connectivity index (χ1v) is 18.2. The number of ether oxygens (including phenoxy) is 2. The Balaban J connectivity index is 1.73. The molecule has 0 aliphatic carbocycles. The molecule has 0 radical (unpaired) electrons. The number of carbonyl (C=O) groups is 2. The first kappa shape index (κ1) is 34.5. The van der Waals surface area contributed by atoms with Crippen molar-refractivity contribution in [2.45, 2.75) is 35.8 Å². The number of methoxy groups -OCH3 is 2. The zero-order chi connectivity index (χ0) is 34.0. The number of hydrogen-bond acceptors (Lipinski definition) is 11. The summed E-state index contributed by atoms with van der Waals surface area (Å²) < 4.78 is 92.9. The maximum Gasteiger partial charge on any atom is 0.264 e. The smallest absolute Gasteiger partial charge is 0.264 e. The third-order valence-corrected chi connectivity index (χ3v) is 11.7. The van der Waals surface area contributed by atoms with Gasteiger partial charge in [-0.3, -0.25) is 18.6 Å². The van der Waals surface area contributed by atoms with E-state index in [0.717, 1.165) is 10.4 Å². The van der Waals surface area contributed by atoms with Crippen LogP contribution >= 0.6 is 0 Å². The van der Waals surface area contributed by atoms with Crippen LogP contribution in [0.4, 0.5) is 22.7 Å². The predicted octanol–water partition coefficient (Wildman–Crippen LogP) is 1.77. The Hall–Kier alpha value is -4.39. The van der Waals surface area contributed by atoms with Crippen molar-refractivity contribution >= 4 is 64.4 Å². The van der Waals surface area contributed by atoms with E-state index in [0.29, 0.717) is 0 Å². The average molecular weight is 697 g/mol. The number of amides is 2. The van der Waals surface area contributed by atoms with Crippen LogP contribution in [0.25, 0.3) is 0 Å². The largest absolute Gasteiger partial charge is 0.495 e. The summed E-state index contributed by atoms with van der Waals surface area (Å²) in [6, 6.07) is 11.1. The van der Waals surface area contributed by atoms with E-state index >= 15 is 0 Å². The van der Waals surface area contributed by atoms with E-state index in [4.69, 9.17) is 9.47 Å². The van der Waals surface area contributed by atoms with Crippen LogP contribution in [0.15, 0.2) is 70.5 Å². The van der Waals surface area contributed by atoms with Gasteiger partial charge < -0.3 is 25.2 Å². The van der Waals surface area contributed by atoms with Crippen LogP contribution in [-0.4, -0.2) is 80.0 Å². The van der Waals surface area contributed by atoms with Crippen LogP contribution in [0.2, 0.25) is 0 Å². The fourth-order valence-corrected chi connectivity index (χ4v) is 9.48. The molecule has 15 nitrogen and oxygen atoms in total. The molecule has 248 valence electrons. The van der Waals surface area contributed by atoms with Crippen molar-refractivity contribution in [3.63, 3.8) is 0 Å². The minimum Gasteiger partial charge on any atom is -0.495 e. The summed E-state index contributed by atoms with van der Waals surface area (Å²) in [6.07, 6.45) is -1.57. The number of anilines is 4. The summed E-state index contributed by atoms with van der Waals surface area (Å²) in [5.74, 6) is -1.88. The van der Waals surface area contributed by atoms with Crippen molar-refractivity contribution in [1.29, 1.82) is 0 Å². The molecule has 3 aromatic carbocycles. The second-order valence-electron chi connectivity index (χ2n) is 10.3. The molecule has 18 heteroatoms. The van der Waals surface area contributed by atoms with Gasteiger partial charge in [0.1, 0.15) is 11.5 Å². The van der Waals surface area contributed by atoms with E-state index < -0.39 is 65.3 Å². The monoisotopic (exact) mass is 696 g/mol. The highest BCUT2D eigenvalue weighted by Gasteiger charge is 2.45. The topological polar surface area (TPSA) is 215 Å². The predicted molar refractivity (Wildman–Crippen MR) is 170 cm³/mol. The molecule has 4 N–H and O–H groups in total. The number of nitrogens with zero attached hydrogens (tertiary/aromatic N) is 1. The molecule has 46 heavy (non-hydrogen) atoms. The standard InChI is InChI=1S/C28H32N4O11S3/c1-17(33)29-23-13-21(9-11-27(23)42-3)45(38,39)31-19-5-7-20(8-6-19)32(25-15-44(36,37)16-26(25)35)46(40,41)22-10-12-28(43-4)24(14-22)30-18(2)34/h5-14,25-26,31,35H,15-16H2,1-4H3,(H,29,33)(H,30,34)/t25-,26+/m0/s1. The quantitative estimate of drug-likeness (QED) is 0.227. The highest BCUT2D eigenvalue weighted by atomic mass is 32.2. The summed E-state index contributed by atoms with van der Waals surface area (Å²) in [7, 11) is -9.95. The lowest BCUT2D eigenvalue weighted by atomic mass is 10.2. The fraction of sp³-hybridized carbons (Fsp3) is 0.286. The number of aliphatic hydroxyl groups is 1. The minimum atomic E-state index is -4.60. The summed E-state index contributed by atoms with van der Waals surface area (Å²) in [5.41, 5.74) is 0.119. The zero-order valence-corrected chi connectivity index (χ0v) is 27.5. The molecule has 1 saturated heterocycles. The van der Waals surface area contributed by atoms with E-state index in [9.17, 15) is 39.9 Å². The molecule has 0 unspecified atom stereocenters. The number of aliphatic hydroxyl groups excluding tert-OH is 1. The van der Waals surface area contributed by atoms with E-state index in [-0.39, 0.29) is 44.0 Å². The highest BCUT2D eigenvalue weighted by molar-refractivity contribution is 7.93. The first-order valence-electron chi connectivity index (χ1n) is 13.4. The molecule has 1 fully saturated rings. The maximum absolute atomic E-state index is 14.1. The highest BCUT2D eigenvalue weighted by Crippen LogP contribution is 2.35. The Morgan fingerprint density at radius 2 is 1.30 bits per heavy atom. The van der Waals surface area contributed by atoms with Gasteiger partial charge in [0.05, 0.1) is 64.7 Å². The number of benzene rings is 3. The molecule has 0 spiro atoms. The summed E-state index contributed by atoms with van der Waals surface area (Å²) >= 11 is 0. The first-order chi connectivity index (χ1) is 21.5. The second kappa shape index (κ2) is 13.1. The molecular weight excluding hydrogens is 665 g/mol. The number of hydrogen-bond donors (Lipinski definition) is 4. The van der Waals surface area contributed by atoms with E-state index in [1.165, 1.54) is 82.7 Å². The lowest BCUT2D eigenvalue weighted by Crippen LogP contribution is -2.47. The maximum atomic E-state index is 14.1. The third-order valence-electron chi connectivity index (χ3n) is 6.80. The number of carbonyl (C=O) groups excluding carboxylic acids is 2.